The van der Waals surface area contributed by atoms with E-state index in [0.29, 0.717) is 6.04 Å². The van der Waals surface area contributed by atoms with Crippen LogP contribution in [0.2, 0.25) is 0 Å². The molecule has 1 N–H and O–H groups in total. The molecule has 3 atom stereocenters. The zero-order valence-corrected chi connectivity index (χ0v) is 12.7. The number of nitrogens with one attached hydrogen (secondary N) is 1. The third-order valence-electron chi connectivity index (χ3n) is 3.97. The average Bonchev–Trinajstić information content (AvgIpc) is 2.38. The number of hydrogen-bond donors (Lipinski definition) is 1. The Labute approximate surface area is 117 Å². The largest absolute Gasteiger partial charge is 0.356 e. The molecule has 0 aromatic carbocycles. The van der Waals surface area contributed by atoms with Crippen LogP contribution in [0.25, 0.3) is 0 Å². The molecule has 3 unspecified atom stereocenters. The maximum Gasteiger partial charge on any atom is 0.128 e. The van der Waals surface area contributed by atoms with Gasteiger partial charge in [0, 0.05) is 25.3 Å². The molecule has 0 bridgehead atoms. The fraction of sp³-hybridized carbons (Fsp3) is 0.688. The summed E-state index contributed by atoms with van der Waals surface area (Å²) in [6, 6.07) is 4.76. The molecule has 1 aromatic rings. The van der Waals surface area contributed by atoms with Gasteiger partial charge in [-0.2, -0.15) is 0 Å². The molecule has 0 amide bonds. The Kier molecular flexibility index (Phi) is 4.81. The maximum atomic E-state index is 4.66. The van der Waals surface area contributed by atoms with E-state index in [0.717, 1.165) is 37.3 Å². The monoisotopic (exact) mass is 261 g/mol. The number of rotatable bonds is 4. The highest BCUT2D eigenvalue weighted by Gasteiger charge is 2.22. The lowest BCUT2D eigenvalue weighted by Gasteiger charge is -2.35. The van der Waals surface area contributed by atoms with Crippen LogP contribution in [0, 0.1) is 11.8 Å². The fourth-order valence-corrected chi connectivity index (χ4v) is 3.11. The summed E-state index contributed by atoms with van der Waals surface area (Å²) in [5.41, 5.74) is 1.27. The van der Waals surface area contributed by atoms with E-state index in [1.54, 1.807) is 0 Å². The van der Waals surface area contributed by atoms with E-state index >= 15 is 0 Å². The Morgan fingerprint density at radius 1 is 1.32 bits per heavy atom. The molecule has 2 heterocycles. The summed E-state index contributed by atoms with van der Waals surface area (Å²) in [6.45, 7) is 12.3. The molecule has 2 rings (SSSR count). The fourth-order valence-electron chi connectivity index (χ4n) is 3.11. The van der Waals surface area contributed by atoms with Gasteiger partial charge in [0.15, 0.2) is 0 Å². The maximum absolute atomic E-state index is 4.66. The van der Waals surface area contributed by atoms with Crippen molar-refractivity contribution in [2.75, 3.05) is 24.5 Å². The zero-order valence-electron chi connectivity index (χ0n) is 12.7. The number of hydrogen-bond acceptors (Lipinski definition) is 3. The van der Waals surface area contributed by atoms with Crippen molar-refractivity contribution in [2.24, 2.45) is 11.8 Å². The first-order valence-electron chi connectivity index (χ1n) is 7.54. The average molecular weight is 261 g/mol. The molecule has 3 nitrogen and oxygen atoms in total. The van der Waals surface area contributed by atoms with Crippen molar-refractivity contribution < 1.29 is 0 Å². The first-order chi connectivity index (χ1) is 9.10. The van der Waals surface area contributed by atoms with Crippen molar-refractivity contribution >= 4 is 5.82 Å². The Bertz CT molecular complexity index is 377. The summed E-state index contributed by atoms with van der Waals surface area (Å²) in [4.78, 5) is 7.09. The van der Waals surface area contributed by atoms with Crippen LogP contribution in [0.15, 0.2) is 18.3 Å². The predicted molar refractivity (Wildman–Crippen MR) is 81.5 cm³/mol. The van der Waals surface area contributed by atoms with E-state index < -0.39 is 0 Å². The highest BCUT2D eigenvalue weighted by atomic mass is 15.2. The summed E-state index contributed by atoms with van der Waals surface area (Å²) in [5, 5.41) is 3.42. The van der Waals surface area contributed by atoms with E-state index in [1.165, 1.54) is 12.0 Å². The molecule has 0 spiro atoms. The van der Waals surface area contributed by atoms with Gasteiger partial charge in [0.05, 0.1) is 0 Å². The Morgan fingerprint density at radius 3 is 2.53 bits per heavy atom. The zero-order chi connectivity index (χ0) is 13.8. The Balaban J connectivity index is 2.05. The van der Waals surface area contributed by atoms with Gasteiger partial charge in [0.1, 0.15) is 5.82 Å². The van der Waals surface area contributed by atoms with Crippen molar-refractivity contribution in [3.63, 3.8) is 0 Å². The molecule has 0 saturated carbocycles. The van der Waals surface area contributed by atoms with Crippen LogP contribution in [0.3, 0.4) is 0 Å². The summed E-state index contributed by atoms with van der Waals surface area (Å²) >= 11 is 0. The van der Waals surface area contributed by atoms with Crippen molar-refractivity contribution in [3.05, 3.63) is 23.9 Å². The number of aromatic nitrogens is 1. The van der Waals surface area contributed by atoms with Crippen LogP contribution >= 0.6 is 0 Å². The topological polar surface area (TPSA) is 28.2 Å². The lowest BCUT2D eigenvalue weighted by Crippen LogP contribution is -2.39. The van der Waals surface area contributed by atoms with Gasteiger partial charge in [-0.3, -0.25) is 0 Å². The lowest BCUT2D eigenvalue weighted by molar-refractivity contribution is 0.355. The molecule has 3 heteroatoms. The van der Waals surface area contributed by atoms with Gasteiger partial charge < -0.3 is 10.2 Å². The second kappa shape index (κ2) is 6.38. The molecule has 1 fully saturated rings. The Hall–Kier alpha value is -1.09. The van der Waals surface area contributed by atoms with Crippen LogP contribution < -0.4 is 10.2 Å². The van der Waals surface area contributed by atoms with Crippen molar-refractivity contribution in [3.8, 4) is 0 Å². The molecule has 0 radical (unpaired) electrons. The van der Waals surface area contributed by atoms with E-state index in [-0.39, 0.29) is 0 Å². The SMILES string of the molecule is CCNC(C)c1ccc(N2CC(C)CC(C)C2)nc1. The number of pyridine rings is 1. The molecule has 106 valence electrons. The van der Waals surface area contributed by atoms with Crippen LogP contribution in [-0.2, 0) is 0 Å². The molecule has 1 aliphatic rings. The Morgan fingerprint density at radius 2 is 2.00 bits per heavy atom. The van der Waals surface area contributed by atoms with Crippen LogP contribution in [0.5, 0.6) is 0 Å². The number of anilines is 1. The van der Waals surface area contributed by atoms with Crippen molar-refractivity contribution in [1.29, 1.82) is 0 Å². The minimum Gasteiger partial charge on any atom is -0.356 e. The number of piperidine rings is 1. The molecule has 1 aliphatic heterocycles. The summed E-state index contributed by atoms with van der Waals surface area (Å²) in [6.07, 6.45) is 3.36. The van der Waals surface area contributed by atoms with Gasteiger partial charge in [-0.05, 0) is 43.4 Å². The first kappa shape index (κ1) is 14.3. The van der Waals surface area contributed by atoms with Gasteiger partial charge in [-0.1, -0.05) is 26.8 Å². The lowest BCUT2D eigenvalue weighted by atomic mass is 9.92. The van der Waals surface area contributed by atoms with E-state index in [9.17, 15) is 0 Å². The second-order valence-corrected chi connectivity index (χ2v) is 6.08. The molecule has 0 aliphatic carbocycles. The molecule has 1 aromatic heterocycles. The second-order valence-electron chi connectivity index (χ2n) is 6.08. The predicted octanol–water partition coefficient (Wildman–Crippen LogP) is 3.23. The normalized spacial score (nSPS) is 25.4. The molecular weight excluding hydrogens is 234 g/mol. The molecule has 19 heavy (non-hydrogen) atoms. The van der Waals surface area contributed by atoms with Crippen LogP contribution in [0.1, 0.15) is 45.7 Å². The smallest absolute Gasteiger partial charge is 0.128 e. The van der Waals surface area contributed by atoms with Crippen LogP contribution in [-0.4, -0.2) is 24.6 Å². The van der Waals surface area contributed by atoms with Crippen molar-refractivity contribution in [1.82, 2.24) is 10.3 Å². The van der Waals surface area contributed by atoms with Gasteiger partial charge >= 0.3 is 0 Å². The standard InChI is InChI=1S/C16H27N3/c1-5-17-14(4)15-6-7-16(18-9-15)19-10-12(2)8-13(3)11-19/h6-7,9,12-14,17H,5,8,10-11H2,1-4H3. The van der Waals surface area contributed by atoms with Gasteiger partial charge in [-0.15, -0.1) is 0 Å². The quantitative estimate of drug-likeness (QED) is 0.902. The first-order valence-corrected chi connectivity index (χ1v) is 7.54. The van der Waals surface area contributed by atoms with Crippen LogP contribution in [0.4, 0.5) is 5.82 Å². The van der Waals surface area contributed by atoms with Gasteiger partial charge in [0.25, 0.3) is 0 Å². The molecular formula is C16H27N3. The highest BCUT2D eigenvalue weighted by molar-refractivity contribution is 5.40. The van der Waals surface area contributed by atoms with E-state index in [4.69, 9.17) is 0 Å². The van der Waals surface area contributed by atoms with Crippen molar-refractivity contribution in [2.45, 2.75) is 40.2 Å². The molecule has 1 saturated heterocycles. The van der Waals surface area contributed by atoms with Gasteiger partial charge in [0.2, 0.25) is 0 Å². The van der Waals surface area contributed by atoms with E-state index in [1.807, 2.05) is 6.20 Å². The van der Waals surface area contributed by atoms with Gasteiger partial charge in [-0.25, -0.2) is 4.98 Å². The number of nitrogens with zero attached hydrogens (tertiary/aromatic N) is 2. The third kappa shape index (κ3) is 3.69. The summed E-state index contributed by atoms with van der Waals surface area (Å²) in [5.74, 6) is 2.67. The summed E-state index contributed by atoms with van der Waals surface area (Å²) < 4.78 is 0. The van der Waals surface area contributed by atoms with E-state index in [2.05, 4.69) is 55.0 Å². The minimum absolute atomic E-state index is 0.380. The minimum atomic E-state index is 0.380. The highest BCUT2D eigenvalue weighted by Crippen LogP contribution is 2.25. The third-order valence-corrected chi connectivity index (χ3v) is 3.97. The summed E-state index contributed by atoms with van der Waals surface area (Å²) in [7, 11) is 0.